The van der Waals surface area contributed by atoms with Crippen molar-refractivity contribution in [3.63, 3.8) is 0 Å². The van der Waals surface area contributed by atoms with Gasteiger partial charge in [-0.1, -0.05) is 116 Å². The lowest BCUT2D eigenvalue weighted by molar-refractivity contribution is 0.947. The molecule has 33 heavy (non-hydrogen) atoms. The third-order valence-corrected chi connectivity index (χ3v) is 12.4. The summed E-state index contributed by atoms with van der Waals surface area (Å²) in [6.07, 6.45) is 2.51. The summed E-state index contributed by atoms with van der Waals surface area (Å²) in [5.74, 6) is 0.490. The summed E-state index contributed by atoms with van der Waals surface area (Å²) in [6, 6.07) is 33.8. The standard InChI is InChI=1S/C32H30Si/c1-21-25-15-10-11-16-26(25)22(2)31(21)33(3,4)32-28-19-18-24-14-8-9-17-27(24)30(28)20-29(32)23-12-6-5-7-13-23/h5-21,32H,1-4H3. The van der Waals surface area contributed by atoms with E-state index in [0.717, 1.165) is 0 Å². The summed E-state index contributed by atoms with van der Waals surface area (Å²) in [5.41, 5.74) is 10.8. The van der Waals surface area contributed by atoms with Gasteiger partial charge in [0.1, 0.15) is 0 Å². The molecular formula is C32H30Si. The molecular weight excluding hydrogens is 412 g/mol. The van der Waals surface area contributed by atoms with E-state index in [1.165, 1.54) is 49.7 Å². The second-order valence-corrected chi connectivity index (χ2v) is 14.8. The van der Waals surface area contributed by atoms with Gasteiger partial charge in [-0.05, 0) is 68.7 Å². The molecule has 0 amide bonds. The van der Waals surface area contributed by atoms with Crippen molar-refractivity contribution in [1.82, 2.24) is 0 Å². The summed E-state index contributed by atoms with van der Waals surface area (Å²) in [7, 11) is -1.93. The van der Waals surface area contributed by atoms with Crippen LogP contribution in [0.1, 0.15) is 53.1 Å². The highest BCUT2D eigenvalue weighted by molar-refractivity contribution is 6.88. The van der Waals surface area contributed by atoms with Crippen LogP contribution in [0.15, 0.2) is 96.2 Å². The first kappa shape index (κ1) is 20.4. The van der Waals surface area contributed by atoms with Crippen molar-refractivity contribution in [2.24, 2.45) is 0 Å². The molecule has 0 saturated heterocycles. The molecule has 1 heteroatoms. The van der Waals surface area contributed by atoms with Crippen molar-refractivity contribution < 1.29 is 0 Å². The summed E-state index contributed by atoms with van der Waals surface area (Å²) in [4.78, 5) is 0. The maximum atomic E-state index is 2.61. The Labute approximate surface area is 198 Å². The summed E-state index contributed by atoms with van der Waals surface area (Å²) in [5, 5.41) is 4.43. The Bertz CT molecular complexity index is 1450. The SMILES string of the molecule is CC1=C([Si](C)(C)C2C(c3ccccc3)=Cc3c2ccc2ccccc32)C(C)c2ccccc21. The van der Waals surface area contributed by atoms with Gasteiger partial charge in [-0.3, -0.25) is 0 Å². The number of hydrogen-bond acceptors (Lipinski definition) is 0. The molecule has 2 aliphatic carbocycles. The van der Waals surface area contributed by atoms with Gasteiger partial charge in [-0.25, -0.2) is 0 Å². The van der Waals surface area contributed by atoms with Gasteiger partial charge in [0.2, 0.25) is 0 Å². The van der Waals surface area contributed by atoms with Crippen molar-refractivity contribution in [2.75, 3.05) is 0 Å². The van der Waals surface area contributed by atoms with E-state index >= 15 is 0 Å². The molecule has 0 aromatic heterocycles. The van der Waals surface area contributed by atoms with E-state index in [-0.39, 0.29) is 0 Å². The Balaban J connectivity index is 1.59. The highest BCUT2D eigenvalue weighted by Gasteiger charge is 2.46. The molecule has 0 bridgehead atoms. The van der Waals surface area contributed by atoms with E-state index in [1.54, 1.807) is 5.20 Å². The molecule has 0 N–H and O–H groups in total. The van der Waals surface area contributed by atoms with Gasteiger partial charge in [0.25, 0.3) is 0 Å². The maximum absolute atomic E-state index is 2.61. The summed E-state index contributed by atoms with van der Waals surface area (Å²) in [6.45, 7) is 10.0. The normalized spacial score (nSPS) is 19.6. The van der Waals surface area contributed by atoms with Crippen LogP contribution in [0.4, 0.5) is 0 Å². The number of allylic oxidation sites excluding steroid dienone is 3. The van der Waals surface area contributed by atoms with Crippen molar-refractivity contribution >= 4 is 36.1 Å². The summed E-state index contributed by atoms with van der Waals surface area (Å²) < 4.78 is 0. The van der Waals surface area contributed by atoms with Gasteiger partial charge < -0.3 is 0 Å². The molecule has 4 aromatic carbocycles. The van der Waals surface area contributed by atoms with E-state index < -0.39 is 8.07 Å². The van der Waals surface area contributed by atoms with Crippen molar-refractivity contribution in [1.29, 1.82) is 0 Å². The third kappa shape index (κ3) is 2.95. The Morgan fingerprint density at radius 2 is 1.39 bits per heavy atom. The molecule has 6 rings (SSSR count). The Morgan fingerprint density at radius 1 is 0.697 bits per heavy atom. The first-order valence-electron chi connectivity index (χ1n) is 12.1. The molecule has 2 unspecified atom stereocenters. The van der Waals surface area contributed by atoms with Crippen molar-refractivity contribution in [2.45, 2.75) is 38.4 Å². The van der Waals surface area contributed by atoms with E-state index in [1.807, 2.05) is 0 Å². The fourth-order valence-corrected chi connectivity index (χ4v) is 11.6. The minimum atomic E-state index is -1.93. The van der Waals surface area contributed by atoms with Gasteiger partial charge in [0.15, 0.2) is 0 Å². The minimum absolute atomic E-state index is 0.446. The van der Waals surface area contributed by atoms with Crippen LogP contribution < -0.4 is 0 Å². The smallest absolute Gasteiger partial charge is 0.0694 e. The first-order valence-corrected chi connectivity index (χ1v) is 15.2. The largest absolute Gasteiger partial charge is 0.0888 e. The van der Waals surface area contributed by atoms with E-state index in [9.17, 15) is 0 Å². The zero-order valence-corrected chi connectivity index (χ0v) is 20.9. The molecule has 2 atom stereocenters. The van der Waals surface area contributed by atoms with Gasteiger partial charge in [-0.15, -0.1) is 0 Å². The predicted octanol–water partition coefficient (Wildman–Crippen LogP) is 8.86. The minimum Gasteiger partial charge on any atom is -0.0694 e. The second kappa shape index (κ2) is 7.43. The van der Waals surface area contributed by atoms with Crippen LogP contribution in [-0.2, 0) is 0 Å². The molecule has 0 spiro atoms. The first-order chi connectivity index (χ1) is 16.0. The number of benzene rings is 4. The highest BCUT2D eigenvalue weighted by atomic mass is 28.3. The molecule has 0 saturated carbocycles. The van der Waals surface area contributed by atoms with Gasteiger partial charge in [0, 0.05) is 5.54 Å². The predicted molar refractivity (Wildman–Crippen MR) is 146 cm³/mol. The van der Waals surface area contributed by atoms with Crippen LogP contribution >= 0.6 is 0 Å². The fourth-order valence-electron chi connectivity index (χ4n) is 6.83. The molecule has 2 aliphatic rings. The molecule has 0 nitrogen and oxygen atoms in total. The molecule has 0 radical (unpaired) electrons. The van der Waals surface area contributed by atoms with Gasteiger partial charge in [-0.2, -0.15) is 0 Å². The van der Waals surface area contributed by atoms with Crippen LogP contribution in [0.3, 0.4) is 0 Å². The zero-order valence-electron chi connectivity index (χ0n) is 19.9. The average Bonchev–Trinajstić information content (AvgIpc) is 3.37. The quantitative estimate of drug-likeness (QED) is 0.278. The fraction of sp³-hybridized carbons (Fsp3) is 0.188. The molecule has 4 aromatic rings. The highest BCUT2D eigenvalue weighted by Crippen LogP contribution is 2.55. The van der Waals surface area contributed by atoms with E-state index in [4.69, 9.17) is 0 Å². The van der Waals surface area contributed by atoms with Crippen LogP contribution in [0, 0.1) is 0 Å². The van der Waals surface area contributed by atoms with Gasteiger partial charge >= 0.3 is 0 Å². The van der Waals surface area contributed by atoms with Gasteiger partial charge in [0.05, 0.1) is 8.07 Å². The Kier molecular flexibility index (Phi) is 4.60. The average molecular weight is 443 g/mol. The van der Waals surface area contributed by atoms with E-state index in [0.29, 0.717) is 11.5 Å². The Hall–Kier alpha value is -3.16. The third-order valence-electron chi connectivity index (χ3n) is 8.12. The molecule has 0 fully saturated rings. The lowest BCUT2D eigenvalue weighted by Gasteiger charge is -2.37. The van der Waals surface area contributed by atoms with Crippen LogP contribution in [0.5, 0.6) is 0 Å². The van der Waals surface area contributed by atoms with Crippen LogP contribution in [0.25, 0.3) is 28.0 Å². The lowest BCUT2D eigenvalue weighted by atomic mass is 10.00. The Morgan fingerprint density at radius 3 is 2.18 bits per heavy atom. The lowest BCUT2D eigenvalue weighted by Crippen LogP contribution is -2.39. The zero-order chi connectivity index (χ0) is 22.7. The molecule has 0 aliphatic heterocycles. The maximum Gasteiger partial charge on any atom is 0.0888 e. The van der Waals surface area contributed by atoms with Crippen LogP contribution in [0.2, 0.25) is 13.1 Å². The monoisotopic (exact) mass is 442 g/mol. The summed E-state index contributed by atoms with van der Waals surface area (Å²) >= 11 is 0. The number of hydrogen-bond donors (Lipinski definition) is 0. The number of fused-ring (bicyclic) bond motifs is 4. The molecule has 0 heterocycles. The van der Waals surface area contributed by atoms with E-state index in [2.05, 4.69) is 124 Å². The topological polar surface area (TPSA) is 0 Å². The van der Waals surface area contributed by atoms with Crippen molar-refractivity contribution in [3.8, 4) is 0 Å². The molecule has 162 valence electrons. The second-order valence-electron chi connectivity index (χ2n) is 10.3. The number of rotatable bonds is 3. The van der Waals surface area contributed by atoms with Crippen LogP contribution in [-0.4, -0.2) is 8.07 Å². The van der Waals surface area contributed by atoms with Crippen molar-refractivity contribution in [3.05, 3.63) is 124 Å².